The van der Waals surface area contributed by atoms with E-state index >= 15 is 0 Å². The maximum Gasteiger partial charge on any atom is 0.433 e. The van der Waals surface area contributed by atoms with Crippen LogP contribution in [0.5, 0.6) is 0 Å². The van der Waals surface area contributed by atoms with Gasteiger partial charge in [0.1, 0.15) is 17.1 Å². The van der Waals surface area contributed by atoms with Gasteiger partial charge in [-0.2, -0.15) is 36.3 Å². The molecular weight excluding hydrogens is 442 g/mol. The number of anilines is 1. The second-order valence-electron chi connectivity index (χ2n) is 7.31. The summed E-state index contributed by atoms with van der Waals surface area (Å²) in [5.41, 5.74) is -3.94. The minimum atomic E-state index is -4.73. The summed E-state index contributed by atoms with van der Waals surface area (Å²) in [6.45, 7) is 2.90. The van der Waals surface area contributed by atoms with Crippen LogP contribution >= 0.6 is 0 Å². The molecule has 0 bridgehead atoms. The van der Waals surface area contributed by atoms with E-state index in [1.54, 1.807) is 0 Å². The summed E-state index contributed by atoms with van der Waals surface area (Å²) in [4.78, 5) is 18.8. The van der Waals surface area contributed by atoms with E-state index in [9.17, 15) is 31.4 Å². The molecule has 0 fully saturated rings. The van der Waals surface area contributed by atoms with E-state index in [4.69, 9.17) is 0 Å². The zero-order valence-corrected chi connectivity index (χ0v) is 16.6. The summed E-state index contributed by atoms with van der Waals surface area (Å²) >= 11 is 0. The lowest BCUT2D eigenvalue weighted by atomic mass is 10.1. The van der Waals surface area contributed by atoms with Gasteiger partial charge in [-0.25, -0.2) is 9.97 Å². The van der Waals surface area contributed by atoms with E-state index in [-0.39, 0.29) is 35.4 Å². The van der Waals surface area contributed by atoms with Crippen molar-refractivity contribution in [2.24, 2.45) is 0 Å². The maximum atomic E-state index is 13.0. The van der Waals surface area contributed by atoms with Crippen LogP contribution < -0.4 is 5.32 Å². The van der Waals surface area contributed by atoms with Gasteiger partial charge >= 0.3 is 12.4 Å². The van der Waals surface area contributed by atoms with E-state index in [2.05, 4.69) is 30.2 Å². The van der Waals surface area contributed by atoms with Gasteiger partial charge in [-0.1, -0.05) is 6.07 Å². The third-order valence-corrected chi connectivity index (χ3v) is 3.89. The van der Waals surface area contributed by atoms with Crippen molar-refractivity contribution in [1.82, 2.24) is 24.9 Å². The summed E-state index contributed by atoms with van der Waals surface area (Å²) in [6.07, 6.45) is -8.54. The Kier molecular flexibility index (Phi) is 6.05. The number of nitrogens with zero attached hydrogens (tertiary/aromatic N) is 5. The third-order valence-electron chi connectivity index (χ3n) is 3.89. The summed E-state index contributed by atoms with van der Waals surface area (Å²) < 4.78 is 78.3. The molecule has 0 amide bonds. The molecule has 0 radical (unpaired) electrons. The van der Waals surface area contributed by atoms with E-state index in [0.29, 0.717) is 6.07 Å². The van der Waals surface area contributed by atoms with Gasteiger partial charge in [-0.05, 0) is 38.1 Å². The number of alkyl halides is 6. The fraction of sp³-hybridized carbons (Fsp3) is 0.316. The smallest absolute Gasteiger partial charge is 0.389 e. The first-order valence-electron chi connectivity index (χ1n) is 9.03. The van der Waals surface area contributed by atoms with Crippen LogP contribution in [0.4, 0.5) is 32.3 Å². The fourth-order valence-electron chi connectivity index (χ4n) is 2.44. The number of nitrogens with one attached hydrogen (secondary N) is 1. The Balaban J connectivity index is 2.13. The van der Waals surface area contributed by atoms with Gasteiger partial charge in [0.2, 0.25) is 5.95 Å². The number of pyridine rings is 2. The number of rotatable bonds is 5. The zero-order valence-electron chi connectivity index (χ0n) is 16.6. The number of aliphatic hydroxyl groups is 1. The monoisotopic (exact) mass is 458 g/mol. The van der Waals surface area contributed by atoms with Gasteiger partial charge in [-0.15, -0.1) is 0 Å². The molecule has 2 N–H and O–H groups in total. The normalized spacial score (nSPS) is 12.7. The standard InChI is InChI=1S/C19H16F6N6O/c1-17(2,32)9-27-16-30-14(10-6-7-26-13(8-10)19(23,24)25)29-15(31-16)11-4-3-5-12(28-11)18(20,21)22/h3-8,32H,9H2,1-2H3,(H,27,29,30,31). The minimum absolute atomic E-state index is 0.0595. The van der Waals surface area contributed by atoms with Crippen molar-refractivity contribution >= 4 is 5.95 Å². The lowest BCUT2D eigenvalue weighted by molar-refractivity contribution is -0.141. The lowest BCUT2D eigenvalue weighted by Gasteiger charge is -2.18. The molecule has 0 aromatic carbocycles. The van der Waals surface area contributed by atoms with Crippen molar-refractivity contribution in [3.05, 3.63) is 47.9 Å². The second kappa shape index (κ2) is 8.30. The molecule has 0 spiro atoms. The molecule has 7 nitrogen and oxygen atoms in total. The lowest BCUT2D eigenvalue weighted by Crippen LogP contribution is -2.30. The zero-order chi connectivity index (χ0) is 23.7. The van der Waals surface area contributed by atoms with Crippen LogP contribution in [0.3, 0.4) is 0 Å². The van der Waals surface area contributed by atoms with Crippen molar-refractivity contribution in [2.75, 3.05) is 11.9 Å². The Labute approximate surface area is 177 Å². The van der Waals surface area contributed by atoms with Crippen molar-refractivity contribution in [3.63, 3.8) is 0 Å². The topological polar surface area (TPSA) is 96.7 Å². The van der Waals surface area contributed by atoms with E-state index < -0.39 is 29.3 Å². The molecule has 0 atom stereocenters. The summed E-state index contributed by atoms with van der Waals surface area (Å²) in [6, 6.07) is 5.01. The second-order valence-corrected chi connectivity index (χ2v) is 7.31. The molecule has 3 rings (SSSR count). The predicted octanol–water partition coefficient (Wildman–Crippen LogP) is 4.22. The van der Waals surface area contributed by atoms with Crippen LogP contribution in [0.25, 0.3) is 22.9 Å². The number of halogens is 6. The van der Waals surface area contributed by atoms with Crippen molar-refractivity contribution in [3.8, 4) is 22.9 Å². The molecule has 0 saturated carbocycles. The van der Waals surface area contributed by atoms with Gasteiger partial charge in [-0.3, -0.25) is 4.98 Å². The quantitative estimate of drug-likeness (QED) is 0.553. The summed E-state index contributed by atoms with van der Waals surface area (Å²) in [7, 11) is 0. The average Bonchev–Trinajstić information content (AvgIpc) is 2.70. The minimum Gasteiger partial charge on any atom is -0.389 e. The highest BCUT2D eigenvalue weighted by Gasteiger charge is 2.34. The van der Waals surface area contributed by atoms with Gasteiger partial charge in [0.25, 0.3) is 0 Å². The maximum absolute atomic E-state index is 13.0. The molecule has 0 aliphatic rings. The first-order chi connectivity index (χ1) is 14.7. The van der Waals surface area contributed by atoms with Gasteiger partial charge in [0, 0.05) is 18.3 Å². The highest BCUT2D eigenvalue weighted by molar-refractivity contribution is 5.61. The Morgan fingerprint density at radius 3 is 2.12 bits per heavy atom. The highest BCUT2D eigenvalue weighted by atomic mass is 19.4. The largest absolute Gasteiger partial charge is 0.433 e. The van der Waals surface area contributed by atoms with E-state index in [1.165, 1.54) is 26.0 Å². The first kappa shape index (κ1) is 23.3. The molecule has 32 heavy (non-hydrogen) atoms. The summed E-state index contributed by atoms with van der Waals surface area (Å²) in [5, 5.41) is 12.6. The van der Waals surface area contributed by atoms with Crippen LogP contribution in [0, 0.1) is 0 Å². The molecule has 3 aromatic heterocycles. The van der Waals surface area contributed by atoms with Crippen LogP contribution in [-0.2, 0) is 12.4 Å². The molecule has 3 heterocycles. The SMILES string of the molecule is CC(C)(O)CNc1nc(-c2ccnc(C(F)(F)F)c2)nc(-c2cccc(C(F)(F)F)n2)n1. The Hall–Kier alpha value is -3.35. The van der Waals surface area contributed by atoms with Crippen LogP contribution in [0.15, 0.2) is 36.5 Å². The predicted molar refractivity (Wildman–Crippen MR) is 101 cm³/mol. The Morgan fingerprint density at radius 1 is 0.844 bits per heavy atom. The van der Waals surface area contributed by atoms with E-state index in [1.807, 2.05) is 0 Å². The highest BCUT2D eigenvalue weighted by Crippen LogP contribution is 2.31. The number of aromatic nitrogens is 5. The first-order valence-corrected chi connectivity index (χ1v) is 9.03. The van der Waals surface area contributed by atoms with Gasteiger partial charge in [0.05, 0.1) is 5.60 Å². The van der Waals surface area contributed by atoms with Crippen molar-refractivity contribution in [1.29, 1.82) is 0 Å². The Bertz CT molecular complexity index is 1030. The molecule has 0 unspecified atom stereocenters. The van der Waals surface area contributed by atoms with Gasteiger partial charge in [0.15, 0.2) is 11.6 Å². The van der Waals surface area contributed by atoms with Crippen molar-refractivity contribution < 1.29 is 31.4 Å². The van der Waals surface area contributed by atoms with Crippen LogP contribution in [-0.4, -0.2) is 42.2 Å². The van der Waals surface area contributed by atoms with E-state index in [0.717, 1.165) is 18.3 Å². The molecule has 0 aliphatic carbocycles. The molecule has 3 aromatic rings. The fourth-order valence-corrected chi connectivity index (χ4v) is 2.44. The van der Waals surface area contributed by atoms with Crippen molar-refractivity contribution in [2.45, 2.75) is 31.8 Å². The third kappa shape index (κ3) is 5.87. The van der Waals surface area contributed by atoms with Crippen LogP contribution in [0.1, 0.15) is 25.2 Å². The molecule has 170 valence electrons. The summed E-state index contributed by atoms with van der Waals surface area (Å²) in [5.74, 6) is -0.721. The number of hydrogen-bond donors (Lipinski definition) is 2. The Morgan fingerprint density at radius 2 is 1.50 bits per heavy atom. The molecular formula is C19H16F6N6O. The molecule has 0 aliphatic heterocycles. The molecule has 0 saturated heterocycles. The van der Waals surface area contributed by atoms with Crippen LogP contribution in [0.2, 0.25) is 0 Å². The number of hydrogen-bond acceptors (Lipinski definition) is 7. The average molecular weight is 458 g/mol. The molecule has 13 heteroatoms. The van der Waals surface area contributed by atoms with Gasteiger partial charge < -0.3 is 10.4 Å².